The second kappa shape index (κ2) is 6.54. The monoisotopic (exact) mass is 250 g/mol. The van der Waals surface area contributed by atoms with Gasteiger partial charge >= 0.3 is 11.7 Å². The third kappa shape index (κ3) is 3.16. The number of carbonyl (C=O) groups excluding carboxylic acids is 1. The van der Waals surface area contributed by atoms with Crippen LogP contribution in [-0.2, 0) is 9.53 Å². The molecule has 0 bridgehead atoms. The lowest BCUT2D eigenvalue weighted by Crippen LogP contribution is -2.25. The van der Waals surface area contributed by atoms with Crippen molar-refractivity contribution in [3.05, 3.63) is 35.4 Å². The highest BCUT2D eigenvalue weighted by molar-refractivity contribution is 6.35. The molecule has 1 rings (SSSR count). The largest absolute Gasteiger partial charge is 0.497 e. The van der Waals surface area contributed by atoms with E-state index in [1.807, 2.05) is 0 Å². The minimum absolute atomic E-state index is 0.128. The van der Waals surface area contributed by atoms with Gasteiger partial charge in [-0.1, -0.05) is 12.1 Å². The summed E-state index contributed by atoms with van der Waals surface area (Å²) in [6, 6.07) is 6.46. The van der Waals surface area contributed by atoms with Crippen molar-refractivity contribution in [1.82, 2.24) is 0 Å². The van der Waals surface area contributed by atoms with Crippen LogP contribution in [0.15, 0.2) is 24.3 Å². The predicted octanol–water partition coefficient (Wildman–Crippen LogP) is 0.962. The summed E-state index contributed by atoms with van der Waals surface area (Å²) in [5, 5.41) is 9.95. The first-order chi connectivity index (χ1) is 8.63. The summed E-state index contributed by atoms with van der Waals surface area (Å²) >= 11 is 0. The van der Waals surface area contributed by atoms with Gasteiger partial charge in [0.25, 0.3) is 0 Å². The van der Waals surface area contributed by atoms with Gasteiger partial charge in [-0.2, -0.15) is 4.79 Å². The fraction of sp³-hybridized carbons (Fsp3) is 0.333. The van der Waals surface area contributed by atoms with Gasteiger partial charge in [-0.25, -0.2) is 4.79 Å². The molecule has 0 heterocycles. The summed E-state index contributed by atoms with van der Waals surface area (Å²) in [6.07, 6.45) is -1.37. The van der Waals surface area contributed by atoms with E-state index in [2.05, 4.69) is 9.53 Å². The van der Waals surface area contributed by atoms with Crippen molar-refractivity contribution < 1.29 is 24.2 Å². The van der Waals surface area contributed by atoms with Gasteiger partial charge in [0.15, 0.2) is 6.10 Å². The standard InChI is InChI=1S/C12H14N2O4/c1-3-18-12(16)10(14-13)11(15)8-5-4-6-9(7-8)17-2/h4-7,11,15H,3H2,1-2H3/t11-/m1/s1. The third-order valence-electron chi connectivity index (χ3n) is 2.26. The predicted molar refractivity (Wildman–Crippen MR) is 63.2 cm³/mol. The molecular weight excluding hydrogens is 236 g/mol. The number of benzene rings is 1. The van der Waals surface area contributed by atoms with Crippen LogP contribution in [0.25, 0.3) is 5.53 Å². The van der Waals surface area contributed by atoms with Crippen LogP contribution in [0.3, 0.4) is 0 Å². The number of esters is 1. The Morgan fingerprint density at radius 3 is 2.83 bits per heavy atom. The lowest BCUT2D eigenvalue weighted by Gasteiger charge is -2.07. The molecule has 1 aromatic rings. The molecule has 18 heavy (non-hydrogen) atoms. The van der Waals surface area contributed by atoms with E-state index in [-0.39, 0.29) is 6.61 Å². The molecule has 0 aromatic heterocycles. The Hall–Kier alpha value is -2.17. The highest BCUT2D eigenvalue weighted by Crippen LogP contribution is 2.20. The van der Waals surface area contributed by atoms with Gasteiger partial charge in [0.05, 0.1) is 13.7 Å². The van der Waals surface area contributed by atoms with Crippen molar-refractivity contribution in [2.45, 2.75) is 13.0 Å². The second-order valence-corrected chi connectivity index (χ2v) is 3.38. The van der Waals surface area contributed by atoms with Gasteiger partial charge in [0, 0.05) is 0 Å². The van der Waals surface area contributed by atoms with Crippen molar-refractivity contribution in [3.8, 4) is 5.75 Å². The molecule has 0 saturated carbocycles. The van der Waals surface area contributed by atoms with Gasteiger partial charge in [-0.05, 0) is 24.6 Å². The summed E-state index contributed by atoms with van der Waals surface area (Å²) in [5.74, 6) is -0.344. The molecule has 6 heteroatoms. The molecule has 1 N–H and O–H groups in total. The molecule has 0 spiro atoms. The molecule has 0 unspecified atom stereocenters. The number of aliphatic hydroxyl groups excluding tert-OH is 1. The van der Waals surface area contributed by atoms with Gasteiger partial charge < -0.3 is 20.1 Å². The van der Waals surface area contributed by atoms with Crippen LogP contribution in [0.2, 0.25) is 0 Å². The Kier molecular flexibility index (Phi) is 5.05. The number of rotatable bonds is 5. The van der Waals surface area contributed by atoms with E-state index in [4.69, 9.17) is 10.3 Å². The zero-order valence-corrected chi connectivity index (χ0v) is 10.2. The maximum Gasteiger partial charge on any atom is 0.420 e. The molecule has 6 nitrogen and oxygen atoms in total. The van der Waals surface area contributed by atoms with Gasteiger partial charge in [-0.3, -0.25) is 0 Å². The summed E-state index contributed by atoms with van der Waals surface area (Å²) in [5.41, 5.74) is 8.68. The summed E-state index contributed by atoms with van der Waals surface area (Å²) in [7, 11) is 1.48. The topological polar surface area (TPSA) is 92.2 Å². The molecule has 0 saturated heterocycles. The fourth-order valence-corrected chi connectivity index (χ4v) is 1.38. The SMILES string of the molecule is CCOC(=O)C(=[N+]=[N-])[C@H](O)c1cccc(OC)c1. The molecular formula is C12H14N2O4. The fourth-order valence-electron chi connectivity index (χ4n) is 1.38. The number of nitrogens with zero attached hydrogens (tertiary/aromatic N) is 2. The number of hydrogen-bond acceptors (Lipinski definition) is 4. The van der Waals surface area contributed by atoms with E-state index in [9.17, 15) is 9.90 Å². The quantitative estimate of drug-likeness (QED) is 0.364. The van der Waals surface area contributed by atoms with E-state index in [1.165, 1.54) is 13.2 Å². The van der Waals surface area contributed by atoms with Gasteiger partial charge in [0.1, 0.15) is 5.75 Å². The minimum atomic E-state index is -1.37. The van der Waals surface area contributed by atoms with E-state index in [1.54, 1.807) is 25.1 Å². The van der Waals surface area contributed by atoms with Crippen LogP contribution in [-0.4, -0.2) is 35.3 Å². The van der Waals surface area contributed by atoms with E-state index in [0.717, 1.165) is 0 Å². The van der Waals surface area contributed by atoms with Crippen molar-refractivity contribution in [3.63, 3.8) is 0 Å². The Bertz CT molecular complexity index is 481. The normalized spacial score (nSPS) is 11.3. The number of hydrogen-bond donors (Lipinski definition) is 1. The van der Waals surface area contributed by atoms with Crippen LogP contribution in [0.4, 0.5) is 0 Å². The van der Waals surface area contributed by atoms with Crippen molar-refractivity contribution >= 4 is 11.7 Å². The molecule has 0 amide bonds. The van der Waals surface area contributed by atoms with Crippen LogP contribution in [0.1, 0.15) is 18.6 Å². The van der Waals surface area contributed by atoms with Crippen molar-refractivity contribution in [1.29, 1.82) is 0 Å². The molecule has 1 atom stereocenters. The van der Waals surface area contributed by atoms with Crippen LogP contribution < -0.4 is 4.74 Å². The van der Waals surface area contributed by atoms with Crippen LogP contribution in [0.5, 0.6) is 5.75 Å². The first-order valence-electron chi connectivity index (χ1n) is 5.35. The zero-order chi connectivity index (χ0) is 13.5. The Morgan fingerprint density at radius 1 is 1.56 bits per heavy atom. The summed E-state index contributed by atoms with van der Waals surface area (Å²) < 4.78 is 9.67. The zero-order valence-electron chi connectivity index (χ0n) is 10.2. The Labute approximate surface area is 104 Å². The third-order valence-corrected chi connectivity index (χ3v) is 2.26. The average molecular weight is 250 g/mol. The molecule has 0 radical (unpaired) electrons. The van der Waals surface area contributed by atoms with E-state index < -0.39 is 17.8 Å². The highest BCUT2D eigenvalue weighted by atomic mass is 16.5. The Morgan fingerprint density at radius 2 is 2.28 bits per heavy atom. The lowest BCUT2D eigenvalue weighted by molar-refractivity contribution is -0.141. The number of aliphatic hydroxyl groups is 1. The van der Waals surface area contributed by atoms with Crippen LogP contribution >= 0.6 is 0 Å². The summed E-state index contributed by atoms with van der Waals surface area (Å²) in [4.78, 5) is 14.2. The highest BCUT2D eigenvalue weighted by Gasteiger charge is 2.32. The van der Waals surface area contributed by atoms with E-state index >= 15 is 0 Å². The minimum Gasteiger partial charge on any atom is -0.497 e. The molecule has 0 aliphatic carbocycles. The molecule has 0 aliphatic rings. The molecule has 0 aliphatic heterocycles. The molecule has 96 valence electrons. The van der Waals surface area contributed by atoms with Gasteiger partial charge in [0.2, 0.25) is 0 Å². The van der Waals surface area contributed by atoms with Crippen molar-refractivity contribution in [2.24, 2.45) is 0 Å². The van der Waals surface area contributed by atoms with Crippen molar-refractivity contribution in [2.75, 3.05) is 13.7 Å². The van der Waals surface area contributed by atoms with Crippen LogP contribution in [0, 0.1) is 0 Å². The first-order valence-corrected chi connectivity index (χ1v) is 5.35. The first kappa shape index (κ1) is 13.9. The maximum absolute atomic E-state index is 11.4. The number of methoxy groups -OCH3 is 1. The smallest absolute Gasteiger partial charge is 0.420 e. The van der Waals surface area contributed by atoms with Gasteiger partial charge in [-0.15, -0.1) is 0 Å². The maximum atomic E-state index is 11.4. The number of ether oxygens (including phenoxy) is 2. The second-order valence-electron chi connectivity index (χ2n) is 3.38. The van der Waals surface area contributed by atoms with E-state index in [0.29, 0.717) is 11.3 Å². The lowest BCUT2D eigenvalue weighted by atomic mass is 10.0. The number of carbonyl (C=O) groups is 1. The Balaban J connectivity index is 3.00. The molecule has 1 aromatic carbocycles. The molecule has 0 fully saturated rings. The summed E-state index contributed by atoms with van der Waals surface area (Å²) in [6.45, 7) is 1.74. The average Bonchev–Trinajstić information content (AvgIpc) is 2.40.